The fourth-order valence-electron chi connectivity index (χ4n) is 2.89. The Morgan fingerprint density at radius 3 is 2.67 bits per heavy atom. The van der Waals surface area contributed by atoms with E-state index in [2.05, 4.69) is 15.6 Å². The first kappa shape index (κ1) is 17.1. The second-order valence-electron chi connectivity index (χ2n) is 6.63. The van der Waals surface area contributed by atoms with Crippen LogP contribution >= 0.6 is 0 Å². The largest absolute Gasteiger partial charge is 0.486 e. The van der Waals surface area contributed by atoms with Gasteiger partial charge in [0, 0.05) is 38.9 Å². The zero-order valence-corrected chi connectivity index (χ0v) is 15.1. The minimum Gasteiger partial charge on any atom is -0.486 e. The molecule has 1 fully saturated rings. The summed E-state index contributed by atoms with van der Waals surface area (Å²) in [5, 5.41) is 10.7. The van der Waals surface area contributed by atoms with Crippen LogP contribution in [0.1, 0.15) is 16.5 Å². The standard InChI is InChI=1S/C17H20N6O4/c1-21(2)16(24)13-10-23(20-19-13)12-8-22(9-12)17(25)18-11-3-4-14-15(7-11)27-6-5-26-14/h3-4,7,10,12H,5-6,8-9H2,1-2H3,(H,18,25). The minimum atomic E-state index is -0.201. The number of nitrogens with one attached hydrogen (secondary N) is 1. The van der Waals surface area contributed by atoms with Crippen LogP contribution in [-0.2, 0) is 0 Å². The molecule has 0 aliphatic carbocycles. The van der Waals surface area contributed by atoms with Crippen molar-refractivity contribution < 1.29 is 19.1 Å². The Balaban J connectivity index is 1.33. The lowest BCUT2D eigenvalue weighted by Gasteiger charge is -2.38. The third kappa shape index (κ3) is 3.37. The van der Waals surface area contributed by atoms with E-state index in [0.29, 0.717) is 49.2 Å². The highest BCUT2D eigenvalue weighted by Gasteiger charge is 2.33. The maximum atomic E-state index is 12.4. The van der Waals surface area contributed by atoms with Gasteiger partial charge in [-0.3, -0.25) is 4.79 Å². The topological polar surface area (TPSA) is 102 Å². The van der Waals surface area contributed by atoms with E-state index in [4.69, 9.17) is 9.47 Å². The van der Waals surface area contributed by atoms with Crippen molar-refractivity contribution in [1.29, 1.82) is 0 Å². The molecule has 10 heteroatoms. The van der Waals surface area contributed by atoms with Crippen LogP contribution in [0.4, 0.5) is 10.5 Å². The lowest BCUT2D eigenvalue weighted by atomic mass is 10.1. The molecule has 0 radical (unpaired) electrons. The quantitative estimate of drug-likeness (QED) is 0.857. The third-order valence-electron chi connectivity index (χ3n) is 4.45. The molecule has 1 N–H and O–H groups in total. The van der Waals surface area contributed by atoms with Gasteiger partial charge in [0.2, 0.25) is 0 Å². The van der Waals surface area contributed by atoms with Crippen LogP contribution in [0.5, 0.6) is 11.5 Å². The predicted molar refractivity (Wildman–Crippen MR) is 95.1 cm³/mol. The van der Waals surface area contributed by atoms with Gasteiger partial charge < -0.3 is 24.6 Å². The summed E-state index contributed by atoms with van der Waals surface area (Å²) in [6.45, 7) is 2.01. The monoisotopic (exact) mass is 372 g/mol. The number of nitrogens with zero attached hydrogens (tertiary/aromatic N) is 5. The van der Waals surface area contributed by atoms with Crippen molar-refractivity contribution in [2.75, 3.05) is 45.7 Å². The van der Waals surface area contributed by atoms with Gasteiger partial charge in [-0.2, -0.15) is 0 Å². The number of likely N-dealkylation sites (tertiary alicyclic amines) is 1. The number of rotatable bonds is 3. The third-order valence-corrected chi connectivity index (χ3v) is 4.45. The van der Waals surface area contributed by atoms with Crippen molar-refractivity contribution in [2.45, 2.75) is 6.04 Å². The van der Waals surface area contributed by atoms with E-state index in [-0.39, 0.29) is 18.0 Å². The van der Waals surface area contributed by atoms with Crippen molar-refractivity contribution >= 4 is 17.6 Å². The van der Waals surface area contributed by atoms with Gasteiger partial charge in [0.15, 0.2) is 17.2 Å². The molecule has 3 heterocycles. The second-order valence-corrected chi connectivity index (χ2v) is 6.63. The Bertz CT molecular complexity index is 874. The average molecular weight is 372 g/mol. The van der Waals surface area contributed by atoms with E-state index in [1.807, 2.05) is 0 Å². The first-order chi connectivity index (χ1) is 13.0. The van der Waals surface area contributed by atoms with Gasteiger partial charge in [-0.05, 0) is 12.1 Å². The molecule has 3 amide bonds. The van der Waals surface area contributed by atoms with Crippen LogP contribution in [-0.4, -0.2) is 77.1 Å². The molecular weight excluding hydrogens is 352 g/mol. The number of benzene rings is 1. The molecule has 2 aliphatic rings. The molecule has 27 heavy (non-hydrogen) atoms. The fourth-order valence-corrected chi connectivity index (χ4v) is 2.89. The number of urea groups is 1. The van der Waals surface area contributed by atoms with Crippen LogP contribution in [0, 0.1) is 0 Å². The summed E-state index contributed by atoms with van der Waals surface area (Å²) in [5.74, 6) is 1.10. The summed E-state index contributed by atoms with van der Waals surface area (Å²) < 4.78 is 12.6. The summed E-state index contributed by atoms with van der Waals surface area (Å²) in [4.78, 5) is 27.4. The molecule has 0 atom stereocenters. The predicted octanol–water partition coefficient (Wildman–Crippen LogP) is 0.840. The highest BCUT2D eigenvalue weighted by Crippen LogP contribution is 2.33. The molecule has 2 aromatic rings. The summed E-state index contributed by atoms with van der Waals surface area (Å²) in [7, 11) is 3.32. The number of aromatic nitrogens is 3. The fraction of sp³-hybridized carbons (Fsp3) is 0.412. The van der Waals surface area contributed by atoms with Gasteiger partial charge in [0.1, 0.15) is 13.2 Å². The van der Waals surface area contributed by atoms with Gasteiger partial charge >= 0.3 is 6.03 Å². The van der Waals surface area contributed by atoms with Crippen molar-refractivity contribution in [3.8, 4) is 11.5 Å². The molecule has 142 valence electrons. The Morgan fingerprint density at radius 1 is 1.19 bits per heavy atom. The Morgan fingerprint density at radius 2 is 1.93 bits per heavy atom. The van der Waals surface area contributed by atoms with E-state index in [1.54, 1.807) is 48.1 Å². The molecule has 0 saturated carbocycles. The Hall–Kier alpha value is -3.30. The van der Waals surface area contributed by atoms with Crippen LogP contribution in [0.15, 0.2) is 24.4 Å². The molecule has 10 nitrogen and oxygen atoms in total. The SMILES string of the molecule is CN(C)C(=O)c1cn(C2CN(C(=O)Nc3ccc4c(c3)OCCO4)C2)nn1. The Labute approximate surface area is 155 Å². The molecule has 0 bridgehead atoms. The highest BCUT2D eigenvalue weighted by molar-refractivity contribution is 5.91. The molecular formula is C17H20N6O4. The van der Waals surface area contributed by atoms with Crippen LogP contribution in [0.2, 0.25) is 0 Å². The molecule has 4 rings (SSSR count). The van der Waals surface area contributed by atoms with E-state index in [9.17, 15) is 9.59 Å². The average Bonchev–Trinajstić information content (AvgIpc) is 3.09. The number of carbonyl (C=O) groups is 2. The molecule has 1 aromatic carbocycles. The summed E-state index contributed by atoms with van der Waals surface area (Å²) in [6, 6.07) is 5.11. The zero-order chi connectivity index (χ0) is 19.0. The number of hydrogen-bond donors (Lipinski definition) is 1. The minimum absolute atomic E-state index is 0.00669. The normalized spacial score (nSPS) is 15.9. The van der Waals surface area contributed by atoms with Crippen molar-refractivity contribution in [2.24, 2.45) is 0 Å². The van der Waals surface area contributed by atoms with E-state index in [1.165, 1.54) is 4.90 Å². The van der Waals surface area contributed by atoms with E-state index in [0.717, 1.165) is 0 Å². The van der Waals surface area contributed by atoms with Gasteiger partial charge in [-0.1, -0.05) is 5.21 Å². The summed E-state index contributed by atoms with van der Waals surface area (Å²) in [6.07, 6.45) is 1.61. The number of carbonyl (C=O) groups excluding carboxylic acids is 2. The number of anilines is 1. The maximum absolute atomic E-state index is 12.4. The number of amides is 3. The van der Waals surface area contributed by atoms with Crippen LogP contribution < -0.4 is 14.8 Å². The number of ether oxygens (including phenoxy) is 2. The number of hydrogen-bond acceptors (Lipinski definition) is 6. The molecule has 0 unspecified atom stereocenters. The van der Waals surface area contributed by atoms with Crippen LogP contribution in [0.25, 0.3) is 0 Å². The second kappa shape index (κ2) is 6.78. The van der Waals surface area contributed by atoms with Crippen LogP contribution in [0.3, 0.4) is 0 Å². The Kier molecular flexibility index (Phi) is 4.30. The van der Waals surface area contributed by atoms with E-state index < -0.39 is 0 Å². The first-order valence-corrected chi connectivity index (χ1v) is 8.60. The van der Waals surface area contributed by atoms with Gasteiger partial charge in [-0.25, -0.2) is 9.48 Å². The molecule has 1 aromatic heterocycles. The van der Waals surface area contributed by atoms with Gasteiger partial charge in [-0.15, -0.1) is 5.10 Å². The highest BCUT2D eigenvalue weighted by atomic mass is 16.6. The lowest BCUT2D eigenvalue weighted by Crippen LogP contribution is -2.52. The van der Waals surface area contributed by atoms with Crippen molar-refractivity contribution in [1.82, 2.24) is 24.8 Å². The molecule has 1 saturated heterocycles. The van der Waals surface area contributed by atoms with Crippen molar-refractivity contribution in [3.63, 3.8) is 0 Å². The lowest BCUT2D eigenvalue weighted by molar-refractivity contribution is 0.0821. The zero-order valence-electron chi connectivity index (χ0n) is 15.1. The van der Waals surface area contributed by atoms with Gasteiger partial charge in [0.05, 0.1) is 12.2 Å². The first-order valence-electron chi connectivity index (χ1n) is 8.60. The number of fused-ring (bicyclic) bond motifs is 1. The maximum Gasteiger partial charge on any atom is 0.321 e. The van der Waals surface area contributed by atoms with Crippen molar-refractivity contribution in [3.05, 3.63) is 30.1 Å². The molecule has 0 spiro atoms. The summed E-state index contributed by atoms with van der Waals surface area (Å²) >= 11 is 0. The smallest absolute Gasteiger partial charge is 0.321 e. The van der Waals surface area contributed by atoms with Gasteiger partial charge in [0.25, 0.3) is 5.91 Å². The summed E-state index contributed by atoms with van der Waals surface area (Å²) in [5.41, 5.74) is 0.937. The van der Waals surface area contributed by atoms with E-state index >= 15 is 0 Å². The molecule has 2 aliphatic heterocycles.